The zero-order valence-electron chi connectivity index (χ0n) is 15.3. The number of nitrogens with zero attached hydrogens (tertiary/aromatic N) is 2. The first-order valence-electron chi connectivity index (χ1n) is 9.17. The van der Waals surface area contributed by atoms with Crippen LogP contribution in [0.1, 0.15) is 10.4 Å². The number of phenols is 1. The van der Waals surface area contributed by atoms with Crippen molar-refractivity contribution >= 4 is 17.5 Å². The molecule has 4 rings (SSSR count). The summed E-state index contributed by atoms with van der Waals surface area (Å²) in [6, 6.07) is 24.1. The Morgan fingerprint density at radius 2 is 1.50 bits per heavy atom. The molecule has 140 valence electrons. The number of piperazine rings is 1. The molecular formula is C23H20N2O3. The van der Waals surface area contributed by atoms with Crippen LogP contribution in [0.25, 0.3) is 11.1 Å². The van der Waals surface area contributed by atoms with Gasteiger partial charge in [-0.05, 0) is 23.8 Å². The molecule has 1 aliphatic heterocycles. The van der Waals surface area contributed by atoms with E-state index in [1.807, 2.05) is 54.6 Å². The van der Waals surface area contributed by atoms with Crippen molar-refractivity contribution in [2.45, 2.75) is 0 Å². The number of hydrogen-bond acceptors (Lipinski definition) is 3. The van der Waals surface area contributed by atoms with E-state index in [9.17, 15) is 14.7 Å². The predicted molar refractivity (Wildman–Crippen MR) is 108 cm³/mol. The van der Waals surface area contributed by atoms with Crippen LogP contribution in [0.5, 0.6) is 5.75 Å². The normalized spacial score (nSPS) is 14.2. The van der Waals surface area contributed by atoms with E-state index in [2.05, 4.69) is 0 Å². The Balaban J connectivity index is 1.57. The minimum atomic E-state index is -0.331. The zero-order valence-corrected chi connectivity index (χ0v) is 15.3. The Hall–Kier alpha value is -3.60. The van der Waals surface area contributed by atoms with Gasteiger partial charge in [0.05, 0.1) is 11.3 Å². The van der Waals surface area contributed by atoms with E-state index in [1.165, 1.54) is 11.0 Å². The third-order valence-corrected chi connectivity index (χ3v) is 4.92. The third-order valence-electron chi connectivity index (χ3n) is 4.92. The average Bonchev–Trinajstić information content (AvgIpc) is 2.74. The van der Waals surface area contributed by atoms with Crippen molar-refractivity contribution < 1.29 is 14.7 Å². The first-order chi connectivity index (χ1) is 13.6. The smallest absolute Gasteiger partial charge is 0.258 e. The molecule has 28 heavy (non-hydrogen) atoms. The highest BCUT2D eigenvalue weighted by Crippen LogP contribution is 2.32. The minimum Gasteiger partial charge on any atom is -0.507 e. The SMILES string of the molecule is O=C(c1ccccc1O)N1CCN(c2ccccc2-c2ccccc2)C(=O)C1. The van der Waals surface area contributed by atoms with E-state index in [0.29, 0.717) is 13.1 Å². The number of para-hydroxylation sites is 2. The van der Waals surface area contributed by atoms with E-state index in [-0.39, 0.29) is 29.7 Å². The first-order valence-corrected chi connectivity index (χ1v) is 9.17. The van der Waals surface area contributed by atoms with Gasteiger partial charge in [0.25, 0.3) is 5.91 Å². The summed E-state index contributed by atoms with van der Waals surface area (Å²) in [5, 5.41) is 9.93. The van der Waals surface area contributed by atoms with Crippen molar-refractivity contribution in [3.63, 3.8) is 0 Å². The van der Waals surface area contributed by atoms with Gasteiger partial charge in [-0.3, -0.25) is 9.59 Å². The largest absolute Gasteiger partial charge is 0.507 e. The van der Waals surface area contributed by atoms with Crippen molar-refractivity contribution in [2.24, 2.45) is 0 Å². The molecule has 3 aromatic carbocycles. The Labute approximate surface area is 163 Å². The monoisotopic (exact) mass is 372 g/mol. The van der Waals surface area contributed by atoms with E-state index in [1.54, 1.807) is 23.1 Å². The zero-order chi connectivity index (χ0) is 19.5. The van der Waals surface area contributed by atoms with Gasteiger partial charge in [0, 0.05) is 18.7 Å². The Morgan fingerprint density at radius 3 is 2.25 bits per heavy atom. The fourth-order valence-corrected chi connectivity index (χ4v) is 3.50. The topological polar surface area (TPSA) is 60.9 Å². The number of carbonyl (C=O) groups excluding carboxylic acids is 2. The maximum atomic E-state index is 12.9. The molecule has 0 aliphatic carbocycles. The van der Waals surface area contributed by atoms with Crippen LogP contribution in [0.3, 0.4) is 0 Å². The lowest BCUT2D eigenvalue weighted by atomic mass is 10.0. The van der Waals surface area contributed by atoms with Gasteiger partial charge in [0.2, 0.25) is 5.91 Å². The fourth-order valence-electron chi connectivity index (χ4n) is 3.50. The van der Waals surface area contributed by atoms with E-state index in [0.717, 1.165) is 16.8 Å². The molecular weight excluding hydrogens is 352 g/mol. The van der Waals surface area contributed by atoms with Crippen LogP contribution in [0.2, 0.25) is 0 Å². The second-order valence-corrected chi connectivity index (χ2v) is 6.67. The van der Waals surface area contributed by atoms with Crippen LogP contribution in [-0.4, -0.2) is 41.5 Å². The lowest BCUT2D eigenvalue weighted by molar-refractivity contribution is -0.120. The van der Waals surface area contributed by atoms with Crippen LogP contribution < -0.4 is 4.90 Å². The fraction of sp³-hybridized carbons (Fsp3) is 0.130. The summed E-state index contributed by atoms with van der Waals surface area (Å²) >= 11 is 0. The summed E-state index contributed by atoms with van der Waals surface area (Å²) in [6.07, 6.45) is 0. The number of anilines is 1. The second kappa shape index (κ2) is 7.56. The Kier molecular flexibility index (Phi) is 4.81. The van der Waals surface area contributed by atoms with Crippen molar-refractivity contribution in [2.75, 3.05) is 24.5 Å². The summed E-state index contributed by atoms with van der Waals surface area (Å²) in [4.78, 5) is 28.8. The van der Waals surface area contributed by atoms with Crippen molar-refractivity contribution in [3.05, 3.63) is 84.4 Å². The van der Waals surface area contributed by atoms with Crippen LogP contribution in [0.4, 0.5) is 5.69 Å². The molecule has 2 amide bonds. The number of hydrogen-bond donors (Lipinski definition) is 1. The molecule has 5 nitrogen and oxygen atoms in total. The summed E-state index contributed by atoms with van der Waals surface area (Å²) in [6.45, 7) is 0.792. The van der Waals surface area contributed by atoms with E-state index < -0.39 is 0 Å². The van der Waals surface area contributed by atoms with E-state index in [4.69, 9.17) is 0 Å². The number of rotatable bonds is 3. The highest BCUT2D eigenvalue weighted by molar-refractivity contribution is 6.04. The average molecular weight is 372 g/mol. The van der Waals surface area contributed by atoms with Crippen LogP contribution in [0, 0.1) is 0 Å². The number of aromatic hydroxyl groups is 1. The summed E-state index contributed by atoms with van der Waals surface area (Å²) in [5.41, 5.74) is 3.08. The molecule has 0 radical (unpaired) electrons. The van der Waals surface area contributed by atoms with Gasteiger partial charge >= 0.3 is 0 Å². The molecule has 0 saturated carbocycles. The van der Waals surface area contributed by atoms with Gasteiger partial charge in [-0.15, -0.1) is 0 Å². The predicted octanol–water partition coefficient (Wildman–Crippen LogP) is 3.55. The highest BCUT2D eigenvalue weighted by atomic mass is 16.3. The van der Waals surface area contributed by atoms with Gasteiger partial charge in [-0.2, -0.15) is 0 Å². The molecule has 1 fully saturated rings. The lowest BCUT2D eigenvalue weighted by Gasteiger charge is -2.35. The summed E-state index contributed by atoms with van der Waals surface area (Å²) in [7, 11) is 0. The number of phenolic OH excluding ortho intramolecular Hbond substituents is 1. The number of benzene rings is 3. The molecule has 1 aliphatic rings. The maximum absolute atomic E-state index is 12.9. The number of carbonyl (C=O) groups is 2. The van der Waals surface area contributed by atoms with Crippen LogP contribution in [0.15, 0.2) is 78.9 Å². The molecule has 5 heteroatoms. The van der Waals surface area contributed by atoms with Gasteiger partial charge in [-0.1, -0.05) is 60.7 Å². The van der Waals surface area contributed by atoms with Crippen LogP contribution >= 0.6 is 0 Å². The summed E-state index contributed by atoms with van der Waals surface area (Å²) < 4.78 is 0. The van der Waals surface area contributed by atoms with Gasteiger partial charge in [0.1, 0.15) is 12.3 Å². The molecule has 1 N–H and O–H groups in total. The Morgan fingerprint density at radius 1 is 0.821 bits per heavy atom. The van der Waals surface area contributed by atoms with Crippen molar-refractivity contribution in [1.82, 2.24) is 4.90 Å². The minimum absolute atomic E-state index is 0.0176. The van der Waals surface area contributed by atoms with Gasteiger partial charge in [-0.25, -0.2) is 0 Å². The summed E-state index contributed by atoms with van der Waals surface area (Å²) in [5.74, 6) is -0.544. The van der Waals surface area contributed by atoms with Crippen molar-refractivity contribution in [1.29, 1.82) is 0 Å². The van der Waals surface area contributed by atoms with Crippen LogP contribution in [-0.2, 0) is 4.79 Å². The molecule has 0 aromatic heterocycles. The molecule has 3 aromatic rings. The number of amides is 2. The quantitative estimate of drug-likeness (QED) is 0.765. The molecule has 0 unspecified atom stereocenters. The van der Waals surface area contributed by atoms with Gasteiger partial charge < -0.3 is 14.9 Å². The lowest BCUT2D eigenvalue weighted by Crippen LogP contribution is -2.52. The standard InChI is InChI=1S/C23H20N2O3/c26-21-13-7-5-11-19(21)23(28)24-14-15-25(22(27)16-24)20-12-6-4-10-18(20)17-8-2-1-3-9-17/h1-13,26H,14-16H2. The Bertz CT molecular complexity index is 1020. The van der Waals surface area contributed by atoms with Gasteiger partial charge in [0.15, 0.2) is 0 Å². The van der Waals surface area contributed by atoms with E-state index >= 15 is 0 Å². The van der Waals surface area contributed by atoms with Crippen molar-refractivity contribution in [3.8, 4) is 16.9 Å². The molecule has 0 atom stereocenters. The molecule has 0 spiro atoms. The first kappa shape index (κ1) is 17.8. The highest BCUT2D eigenvalue weighted by Gasteiger charge is 2.30. The second-order valence-electron chi connectivity index (χ2n) is 6.67. The maximum Gasteiger partial charge on any atom is 0.258 e. The molecule has 1 heterocycles. The molecule has 1 saturated heterocycles. The molecule has 0 bridgehead atoms. The third kappa shape index (κ3) is 3.34.